The number of rotatable bonds is 4. The van der Waals surface area contributed by atoms with Crippen molar-refractivity contribution in [3.05, 3.63) is 11.6 Å². The lowest BCUT2D eigenvalue weighted by molar-refractivity contribution is 0.243. The van der Waals surface area contributed by atoms with E-state index in [1.165, 1.54) is 6.42 Å². The third-order valence-corrected chi connectivity index (χ3v) is 2.56. The Bertz CT molecular complexity index is 141. The summed E-state index contributed by atoms with van der Waals surface area (Å²) in [4.78, 5) is 2.44. The van der Waals surface area contributed by atoms with Crippen LogP contribution in [0.2, 0.25) is 0 Å². The molecule has 1 fully saturated rings. The van der Waals surface area contributed by atoms with Gasteiger partial charge in [0.15, 0.2) is 0 Å². The average Bonchev–Trinajstić information content (AvgIpc) is 2.59. The fourth-order valence-corrected chi connectivity index (χ4v) is 1.74. The van der Waals surface area contributed by atoms with Crippen molar-refractivity contribution in [2.45, 2.75) is 19.4 Å². The Kier molecular flexibility index (Phi) is 4.66. The van der Waals surface area contributed by atoms with E-state index in [1.807, 2.05) is 6.08 Å². The zero-order chi connectivity index (χ0) is 8.81. The van der Waals surface area contributed by atoms with E-state index in [1.54, 1.807) is 5.54 Å². The lowest BCUT2D eigenvalue weighted by Crippen LogP contribution is -2.36. The van der Waals surface area contributed by atoms with E-state index in [9.17, 15) is 0 Å². The number of hydrogen-bond donors (Lipinski definition) is 1. The molecule has 1 aliphatic rings. The summed E-state index contributed by atoms with van der Waals surface area (Å²) in [7, 11) is 0. The Morgan fingerprint density at radius 3 is 3.00 bits per heavy atom. The maximum atomic E-state index is 5.49. The Labute approximate surface area is 79.6 Å². The highest BCUT2D eigenvalue weighted by Crippen LogP contribution is 2.07. The number of halogens is 1. The molecule has 1 saturated heterocycles. The first kappa shape index (κ1) is 10.0. The smallest absolute Gasteiger partial charge is 0.0235 e. The van der Waals surface area contributed by atoms with E-state index < -0.39 is 0 Å². The van der Waals surface area contributed by atoms with Crippen LogP contribution in [0.25, 0.3) is 0 Å². The molecule has 0 amide bonds. The largest absolute Gasteiger partial charge is 0.315 e. The van der Waals surface area contributed by atoms with E-state index in [2.05, 4.69) is 17.1 Å². The molecule has 1 N–H and O–H groups in total. The van der Waals surface area contributed by atoms with Crippen LogP contribution in [0.4, 0.5) is 0 Å². The normalized spacial score (nSPS) is 24.4. The summed E-state index contributed by atoms with van der Waals surface area (Å²) in [5, 5.41) is 3.36. The molecule has 0 aromatic heterocycles. The molecule has 2 nitrogen and oxygen atoms in total. The van der Waals surface area contributed by atoms with Crippen LogP contribution in [0.3, 0.4) is 0 Å². The Morgan fingerprint density at radius 1 is 1.67 bits per heavy atom. The molecule has 1 aliphatic heterocycles. The van der Waals surface area contributed by atoms with Crippen molar-refractivity contribution in [2.24, 2.45) is 0 Å². The first-order valence-electron chi connectivity index (χ1n) is 4.58. The highest BCUT2D eigenvalue weighted by molar-refractivity contribution is 6.25. The lowest BCUT2D eigenvalue weighted by atomic mass is 10.2. The number of nitrogens with one attached hydrogen (secondary N) is 1. The predicted molar refractivity (Wildman–Crippen MR) is 53.5 cm³/mol. The molecule has 1 heterocycles. The minimum Gasteiger partial charge on any atom is -0.315 e. The second-order valence-electron chi connectivity index (χ2n) is 3.10. The zero-order valence-corrected chi connectivity index (χ0v) is 8.35. The molecule has 70 valence electrons. The molecular formula is C9H17ClN2. The summed E-state index contributed by atoms with van der Waals surface area (Å²) in [5.74, 6) is 0. The van der Waals surface area contributed by atoms with E-state index in [-0.39, 0.29) is 0 Å². The second-order valence-corrected chi connectivity index (χ2v) is 3.35. The van der Waals surface area contributed by atoms with Gasteiger partial charge in [0.1, 0.15) is 0 Å². The number of nitrogens with zero attached hydrogens (tertiary/aromatic N) is 1. The molecule has 1 rings (SSSR count). The van der Waals surface area contributed by atoms with Crippen LogP contribution < -0.4 is 5.32 Å². The van der Waals surface area contributed by atoms with E-state index in [0.29, 0.717) is 6.04 Å². The molecule has 0 spiro atoms. The summed E-state index contributed by atoms with van der Waals surface area (Å²) in [6.07, 6.45) is 3.27. The van der Waals surface area contributed by atoms with Gasteiger partial charge in [-0.2, -0.15) is 0 Å². The van der Waals surface area contributed by atoms with Gasteiger partial charge in [-0.3, -0.25) is 4.90 Å². The molecule has 1 atom stereocenters. The average molecular weight is 189 g/mol. The highest BCUT2D eigenvalue weighted by atomic mass is 35.5. The zero-order valence-electron chi connectivity index (χ0n) is 7.59. The highest BCUT2D eigenvalue weighted by Gasteiger charge is 2.19. The fourth-order valence-electron chi connectivity index (χ4n) is 1.66. The van der Waals surface area contributed by atoms with Crippen LogP contribution in [-0.4, -0.2) is 37.1 Å². The van der Waals surface area contributed by atoms with Crippen LogP contribution in [0, 0.1) is 0 Å². The second kappa shape index (κ2) is 5.57. The van der Waals surface area contributed by atoms with Gasteiger partial charge in [0, 0.05) is 24.7 Å². The molecule has 0 aromatic rings. The van der Waals surface area contributed by atoms with E-state index in [4.69, 9.17) is 11.6 Å². The lowest BCUT2D eigenvalue weighted by Gasteiger charge is -2.25. The monoisotopic (exact) mass is 188 g/mol. The van der Waals surface area contributed by atoms with Gasteiger partial charge >= 0.3 is 0 Å². The molecule has 0 bridgehead atoms. The van der Waals surface area contributed by atoms with Crippen molar-refractivity contribution >= 4 is 11.6 Å². The van der Waals surface area contributed by atoms with Crippen LogP contribution in [0.5, 0.6) is 0 Å². The molecule has 3 heteroatoms. The Hall–Kier alpha value is -0.0500. The SMILES string of the molecule is CCN(CC=CCl)C1CCNC1. The Morgan fingerprint density at radius 2 is 2.50 bits per heavy atom. The molecule has 0 aliphatic carbocycles. The van der Waals surface area contributed by atoms with Gasteiger partial charge in [0.25, 0.3) is 0 Å². The van der Waals surface area contributed by atoms with Crippen molar-refractivity contribution in [2.75, 3.05) is 26.2 Å². The summed E-state index contributed by atoms with van der Waals surface area (Å²) < 4.78 is 0. The third-order valence-electron chi connectivity index (χ3n) is 2.39. The minimum atomic E-state index is 0.711. The predicted octanol–water partition coefficient (Wildman–Crippen LogP) is 1.42. The maximum Gasteiger partial charge on any atom is 0.0235 e. The molecule has 1 unspecified atom stereocenters. The van der Waals surface area contributed by atoms with E-state index >= 15 is 0 Å². The first-order valence-corrected chi connectivity index (χ1v) is 5.02. The minimum absolute atomic E-state index is 0.711. The standard InChI is InChI=1S/C9H17ClN2/c1-2-12(7-3-5-10)9-4-6-11-8-9/h3,5,9,11H,2,4,6-8H2,1H3. The van der Waals surface area contributed by atoms with Gasteiger partial charge in [0.2, 0.25) is 0 Å². The molecule has 12 heavy (non-hydrogen) atoms. The van der Waals surface area contributed by atoms with Crippen LogP contribution >= 0.6 is 11.6 Å². The topological polar surface area (TPSA) is 15.3 Å². The van der Waals surface area contributed by atoms with Crippen LogP contribution in [-0.2, 0) is 0 Å². The molecular weight excluding hydrogens is 172 g/mol. The van der Waals surface area contributed by atoms with Crippen molar-refractivity contribution < 1.29 is 0 Å². The van der Waals surface area contributed by atoms with Gasteiger partial charge in [-0.15, -0.1) is 0 Å². The van der Waals surface area contributed by atoms with Crippen LogP contribution in [0.15, 0.2) is 11.6 Å². The summed E-state index contributed by atoms with van der Waals surface area (Å²) >= 11 is 5.49. The van der Waals surface area contributed by atoms with Gasteiger partial charge < -0.3 is 5.32 Å². The molecule has 0 radical (unpaired) electrons. The van der Waals surface area contributed by atoms with Gasteiger partial charge in [-0.25, -0.2) is 0 Å². The Balaban J connectivity index is 2.32. The summed E-state index contributed by atoms with van der Waals surface area (Å²) in [6, 6.07) is 0.711. The first-order chi connectivity index (χ1) is 5.88. The van der Waals surface area contributed by atoms with Gasteiger partial charge in [-0.1, -0.05) is 24.6 Å². The molecule has 0 aromatic carbocycles. The fraction of sp³-hybridized carbons (Fsp3) is 0.778. The summed E-state index contributed by atoms with van der Waals surface area (Å²) in [6.45, 7) is 6.57. The van der Waals surface area contributed by atoms with Gasteiger partial charge in [0.05, 0.1) is 0 Å². The van der Waals surface area contributed by atoms with Crippen molar-refractivity contribution in [3.63, 3.8) is 0 Å². The van der Waals surface area contributed by atoms with Crippen molar-refractivity contribution in [3.8, 4) is 0 Å². The van der Waals surface area contributed by atoms with Crippen molar-refractivity contribution in [1.82, 2.24) is 10.2 Å². The number of likely N-dealkylation sites (N-methyl/N-ethyl adjacent to an activating group) is 1. The number of hydrogen-bond acceptors (Lipinski definition) is 2. The third kappa shape index (κ3) is 2.77. The quantitative estimate of drug-likeness (QED) is 0.718. The van der Waals surface area contributed by atoms with Crippen LogP contribution in [0.1, 0.15) is 13.3 Å². The summed E-state index contributed by atoms with van der Waals surface area (Å²) in [5.41, 5.74) is 1.60. The van der Waals surface area contributed by atoms with Crippen molar-refractivity contribution in [1.29, 1.82) is 0 Å². The maximum absolute atomic E-state index is 5.49. The van der Waals surface area contributed by atoms with Gasteiger partial charge in [-0.05, 0) is 19.5 Å². The molecule has 0 saturated carbocycles. The van der Waals surface area contributed by atoms with E-state index in [0.717, 1.165) is 26.2 Å².